The Kier molecular flexibility index (Phi) is 5.34. The van der Waals surface area contributed by atoms with Crippen molar-refractivity contribution >= 4 is 17.5 Å². The maximum Gasteiger partial charge on any atom is 0.416 e. The van der Waals surface area contributed by atoms with Crippen LogP contribution in [0.5, 0.6) is 0 Å². The number of benzene rings is 1. The molecule has 0 radical (unpaired) electrons. The first-order valence-corrected chi connectivity index (χ1v) is 8.81. The van der Waals surface area contributed by atoms with Gasteiger partial charge in [0.05, 0.1) is 5.56 Å². The van der Waals surface area contributed by atoms with Gasteiger partial charge in [0.15, 0.2) is 0 Å². The summed E-state index contributed by atoms with van der Waals surface area (Å²) in [7, 11) is 0. The molecular formula is C19H21F3N4O. The number of halogens is 3. The Morgan fingerprint density at radius 2 is 1.89 bits per heavy atom. The van der Waals surface area contributed by atoms with E-state index in [4.69, 9.17) is 0 Å². The number of anilines is 2. The Balaban J connectivity index is 1.81. The summed E-state index contributed by atoms with van der Waals surface area (Å²) in [5.74, 6) is 0.516. The number of likely N-dealkylation sites (tertiary alicyclic amines) is 1. The number of nitrogens with one attached hydrogen (secondary N) is 1. The normalized spacial score (nSPS) is 15.7. The van der Waals surface area contributed by atoms with E-state index in [1.54, 1.807) is 17.9 Å². The minimum atomic E-state index is -4.43. The van der Waals surface area contributed by atoms with Crippen LogP contribution in [0.15, 0.2) is 30.3 Å². The first kappa shape index (κ1) is 19.1. The third-order valence-electron chi connectivity index (χ3n) is 4.59. The number of amides is 1. The average Bonchev–Trinajstić information content (AvgIpc) is 2.61. The molecule has 0 atom stereocenters. The van der Waals surface area contributed by atoms with Gasteiger partial charge in [0.2, 0.25) is 5.95 Å². The molecule has 0 unspecified atom stereocenters. The molecule has 1 aromatic carbocycles. The van der Waals surface area contributed by atoms with Gasteiger partial charge < -0.3 is 10.2 Å². The maximum atomic E-state index is 12.9. The van der Waals surface area contributed by atoms with E-state index in [-0.39, 0.29) is 23.2 Å². The van der Waals surface area contributed by atoms with Crippen LogP contribution >= 0.6 is 0 Å². The first-order chi connectivity index (χ1) is 12.7. The fourth-order valence-electron chi connectivity index (χ4n) is 3.01. The highest BCUT2D eigenvalue weighted by Crippen LogP contribution is 2.31. The number of rotatable bonds is 3. The third-order valence-corrected chi connectivity index (χ3v) is 4.59. The van der Waals surface area contributed by atoms with Gasteiger partial charge in [-0.3, -0.25) is 4.79 Å². The maximum absolute atomic E-state index is 12.9. The van der Waals surface area contributed by atoms with Crippen molar-refractivity contribution in [3.8, 4) is 0 Å². The van der Waals surface area contributed by atoms with Crippen molar-refractivity contribution in [2.24, 2.45) is 5.92 Å². The molecule has 1 N–H and O–H groups in total. The van der Waals surface area contributed by atoms with Gasteiger partial charge in [0, 0.05) is 24.5 Å². The summed E-state index contributed by atoms with van der Waals surface area (Å²) in [5.41, 5.74) is 0.249. The molecule has 1 amide bonds. The first-order valence-electron chi connectivity index (χ1n) is 8.81. The van der Waals surface area contributed by atoms with Crippen molar-refractivity contribution in [2.75, 3.05) is 18.4 Å². The molecule has 1 aliphatic rings. The average molecular weight is 378 g/mol. The Labute approximate surface area is 155 Å². The number of carbonyl (C=O) groups excluding carboxylic acids is 1. The van der Waals surface area contributed by atoms with E-state index >= 15 is 0 Å². The Bertz CT molecular complexity index is 830. The number of alkyl halides is 3. The quantitative estimate of drug-likeness (QED) is 0.859. The molecule has 1 aromatic heterocycles. The van der Waals surface area contributed by atoms with Gasteiger partial charge in [-0.15, -0.1) is 0 Å². The van der Waals surface area contributed by atoms with E-state index in [0.29, 0.717) is 24.7 Å². The summed E-state index contributed by atoms with van der Waals surface area (Å²) < 4.78 is 38.6. The molecule has 2 heterocycles. The fraction of sp³-hybridized carbons (Fsp3) is 0.421. The van der Waals surface area contributed by atoms with Gasteiger partial charge in [-0.05, 0) is 49.9 Å². The predicted molar refractivity (Wildman–Crippen MR) is 95.8 cm³/mol. The van der Waals surface area contributed by atoms with Crippen LogP contribution in [0.2, 0.25) is 0 Å². The summed E-state index contributed by atoms with van der Waals surface area (Å²) in [4.78, 5) is 22.9. The second kappa shape index (κ2) is 7.54. The number of piperidine rings is 1. The van der Waals surface area contributed by atoms with Gasteiger partial charge in [0.1, 0.15) is 5.69 Å². The van der Waals surface area contributed by atoms with Gasteiger partial charge in [0.25, 0.3) is 5.91 Å². The predicted octanol–water partition coefficient (Wildman–Crippen LogP) is 4.42. The van der Waals surface area contributed by atoms with Crippen molar-refractivity contribution in [3.05, 3.63) is 47.3 Å². The molecule has 2 aromatic rings. The number of nitrogens with zero attached hydrogens (tertiary/aromatic N) is 3. The molecule has 27 heavy (non-hydrogen) atoms. The lowest BCUT2D eigenvalue weighted by atomic mass is 9.99. The van der Waals surface area contributed by atoms with Crippen molar-refractivity contribution < 1.29 is 18.0 Å². The topological polar surface area (TPSA) is 58.1 Å². The van der Waals surface area contributed by atoms with Crippen LogP contribution < -0.4 is 5.32 Å². The summed E-state index contributed by atoms with van der Waals surface area (Å²) in [6.07, 6.45) is -2.53. The number of hydrogen-bond donors (Lipinski definition) is 1. The highest BCUT2D eigenvalue weighted by molar-refractivity contribution is 5.92. The minimum absolute atomic E-state index is 0.100. The molecular weight excluding hydrogens is 357 g/mol. The van der Waals surface area contributed by atoms with E-state index in [2.05, 4.69) is 22.2 Å². The molecule has 0 spiro atoms. The zero-order chi connectivity index (χ0) is 19.6. The zero-order valence-electron chi connectivity index (χ0n) is 15.2. The SMILES string of the molecule is Cc1cc(C(=O)N2CCC(C)CC2)nc(Nc2cccc(C(F)(F)F)c2)n1. The summed E-state index contributed by atoms with van der Waals surface area (Å²) in [6.45, 7) is 5.24. The second-order valence-corrected chi connectivity index (χ2v) is 6.90. The smallest absolute Gasteiger partial charge is 0.337 e. The van der Waals surface area contributed by atoms with E-state index in [1.165, 1.54) is 12.1 Å². The lowest BCUT2D eigenvalue weighted by Gasteiger charge is -2.30. The molecule has 8 heteroatoms. The summed E-state index contributed by atoms with van der Waals surface area (Å²) in [6, 6.07) is 6.38. The van der Waals surface area contributed by atoms with Crippen LogP contribution in [0.25, 0.3) is 0 Å². The second-order valence-electron chi connectivity index (χ2n) is 6.90. The standard InChI is InChI=1S/C19H21F3N4O/c1-12-6-8-26(9-7-12)17(27)16-10-13(2)23-18(25-16)24-15-5-3-4-14(11-15)19(20,21)22/h3-5,10-12H,6-9H2,1-2H3,(H,23,24,25). The molecule has 1 aliphatic heterocycles. The lowest BCUT2D eigenvalue weighted by molar-refractivity contribution is -0.137. The van der Waals surface area contributed by atoms with Gasteiger partial charge >= 0.3 is 6.18 Å². The Morgan fingerprint density at radius 1 is 1.19 bits per heavy atom. The summed E-state index contributed by atoms with van der Waals surface area (Å²) in [5, 5.41) is 2.77. The number of aryl methyl sites for hydroxylation is 1. The lowest BCUT2D eigenvalue weighted by Crippen LogP contribution is -2.38. The van der Waals surface area contributed by atoms with E-state index in [0.717, 1.165) is 25.0 Å². The van der Waals surface area contributed by atoms with Crippen LogP contribution in [0.1, 0.15) is 41.5 Å². The molecule has 144 valence electrons. The number of carbonyl (C=O) groups is 1. The molecule has 5 nitrogen and oxygen atoms in total. The van der Waals surface area contributed by atoms with Crippen molar-refractivity contribution in [3.63, 3.8) is 0 Å². The highest BCUT2D eigenvalue weighted by atomic mass is 19.4. The fourth-order valence-corrected chi connectivity index (χ4v) is 3.01. The summed E-state index contributed by atoms with van der Waals surface area (Å²) >= 11 is 0. The largest absolute Gasteiger partial charge is 0.416 e. The molecule has 0 saturated carbocycles. The van der Waals surface area contributed by atoms with Crippen molar-refractivity contribution in [2.45, 2.75) is 32.9 Å². The van der Waals surface area contributed by atoms with E-state index in [9.17, 15) is 18.0 Å². The van der Waals surface area contributed by atoms with Gasteiger partial charge in [-0.2, -0.15) is 13.2 Å². The highest BCUT2D eigenvalue weighted by Gasteiger charge is 2.30. The number of hydrogen-bond acceptors (Lipinski definition) is 4. The molecule has 0 aliphatic carbocycles. The third kappa shape index (κ3) is 4.75. The van der Waals surface area contributed by atoms with Crippen LogP contribution in [-0.4, -0.2) is 33.9 Å². The van der Waals surface area contributed by atoms with E-state index in [1.807, 2.05) is 0 Å². The van der Waals surface area contributed by atoms with Crippen LogP contribution in [-0.2, 0) is 6.18 Å². The monoisotopic (exact) mass is 378 g/mol. The van der Waals surface area contributed by atoms with Crippen molar-refractivity contribution in [1.82, 2.24) is 14.9 Å². The van der Waals surface area contributed by atoms with E-state index < -0.39 is 11.7 Å². The number of aromatic nitrogens is 2. The Morgan fingerprint density at radius 3 is 2.56 bits per heavy atom. The minimum Gasteiger partial charge on any atom is -0.337 e. The van der Waals surface area contributed by atoms with Gasteiger partial charge in [-0.25, -0.2) is 9.97 Å². The molecule has 0 bridgehead atoms. The molecule has 1 saturated heterocycles. The van der Waals surface area contributed by atoms with Crippen LogP contribution in [0.4, 0.5) is 24.8 Å². The molecule has 3 rings (SSSR count). The van der Waals surface area contributed by atoms with Crippen LogP contribution in [0.3, 0.4) is 0 Å². The Hall–Kier alpha value is -2.64. The molecule has 1 fully saturated rings. The van der Waals surface area contributed by atoms with Crippen LogP contribution in [0, 0.1) is 12.8 Å². The zero-order valence-corrected chi connectivity index (χ0v) is 15.2. The van der Waals surface area contributed by atoms with Crippen molar-refractivity contribution in [1.29, 1.82) is 0 Å². The van der Waals surface area contributed by atoms with Gasteiger partial charge in [-0.1, -0.05) is 13.0 Å².